The second-order valence-corrected chi connectivity index (χ2v) is 14.0. The van der Waals surface area contributed by atoms with Gasteiger partial charge in [-0.3, -0.25) is 9.58 Å². The smallest absolute Gasteiger partial charge is 0.355 e. The summed E-state index contributed by atoms with van der Waals surface area (Å²) in [6.45, 7) is 15.3. The van der Waals surface area contributed by atoms with Crippen LogP contribution in [0, 0.1) is 19.7 Å². The molecule has 254 valence electrons. The summed E-state index contributed by atoms with van der Waals surface area (Å²) >= 11 is 7.08. The van der Waals surface area contributed by atoms with E-state index >= 15 is 0 Å². The lowest BCUT2D eigenvalue weighted by Crippen LogP contribution is -2.44. The van der Waals surface area contributed by atoms with E-state index in [9.17, 15) is 9.18 Å². The molecule has 1 N–H and O–H groups in total. The number of fused-ring (bicyclic) bond motifs is 2. The fourth-order valence-electron chi connectivity index (χ4n) is 6.86. The highest BCUT2D eigenvalue weighted by atomic mass is 35.5. The first-order chi connectivity index (χ1) is 22.9. The Morgan fingerprint density at radius 2 is 1.77 bits per heavy atom. The van der Waals surface area contributed by atoms with Gasteiger partial charge in [-0.15, -0.1) is 0 Å². The number of hydrogen-bond donors (Lipinski definition) is 1. The predicted molar refractivity (Wildman–Crippen MR) is 191 cm³/mol. The number of esters is 1. The van der Waals surface area contributed by atoms with E-state index < -0.39 is 5.60 Å². The fraction of sp³-hybridized carbons (Fsp3) is 0.421. The molecule has 0 aliphatic carbocycles. The molecule has 3 aromatic carbocycles. The molecule has 0 spiro atoms. The first-order valence-corrected chi connectivity index (χ1v) is 17.1. The topological polar surface area (TPSA) is 73.6 Å². The number of carbonyl (C=O) groups excluding carboxylic acids is 1. The molecule has 5 aromatic rings. The summed E-state index contributed by atoms with van der Waals surface area (Å²) in [5.41, 5.74) is 5.45. The van der Waals surface area contributed by atoms with E-state index in [1.807, 2.05) is 76.7 Å². The molecule has 6 rings (SSSR count). The van der Waals surface area contributed by atoms with Crippen LogP contribution in [0.25, 0.3) is 32.8 Å². The van der Waals surface area contributed by atoms with Crippen LogP contribution in [0.4, 0.5) is 4.39 Å². The van der Waals surface area contributed by atoms with Crippen molar-refractivity contribution in [2.24, 2.45) is 7.05 Å². The van der Waals surface area contributed by atoms with E-state index in [1.54, 1.807) is 6.07 Å². The number of aromatic nitrogens is 3. The molecule has 0 bridgehead atoms. The van der Waals surface area contributed by atoms with Gasteiger partial charge in [-0.2, -0.15) is 5.10 Å². The first-order valence-electron chi connectivity index (χ1n) is 16.7. The second kappa shape index (κ2) is 13.9. The van der Waals surface area contributed by atoms with Gasteiger partial charge in [0.05, 0.1) is 22.8 Å². The zero-order valence-corrected chi connectivity index (χ0v) is 29.5. The van der Waals surface area contributed by atoms with Crippen LogP contribution in [0.3, 0.4) is 0 Å². The normalized spacial score (nSPS) is 14.2. The Hall–Kier alpha value is -3.92. The lowest BCUT2D eigenvalue weighted by atomic mass is 9.98. The Morgan fingerprint density at radius 1 is 1.02 bits per heavy atom. The van der Waals surface area contributed by atoms with Crippen molar-refractivity contribution in [2.75, 3.05) is 39.3 Å². The Morgan fingerprint density at radius 3 is 2.48 bits per heavy atom. The van der Waals surface area contributed by atoms with E-state index in [-0.39, 0.29) is 11.8 Å². The van der Waals surface area contributed by atoms with Crippen LogP contribution in [0.5, 0.6) is 5.75 Å². The first kappa shape index (κ1) is 34.0. The maximum absolute atomic E-state index is 14.2. The van der Waals surface area contributed by atoms with Gasteiger partial charge in [0.2, 0.25) is 0 Å². The van der Waals surface area contributed by atoms with E-state index in [4.69, 9.17) is 26.2 Å². The highest BCUT2D eigenvalue weighted by molar-refractivity contribution is 6.35. The lowest BCUT2D eigenvalue weighted by molar-refractivity contribution is 0.00561. The summed E-state index contributed by atoms with van der Waals surface area (Å²) in [6.07, 6.45) is 1.23. The van der Waals surface area contributed by atoms with Crippen molar-refractivity contribution in [3.8, 4) is 16.9 Å². The van der Waals surface area contributed by atoms with E-state index in [2.05, 4.69) is 14.8 Å². The second-order valence-electron chi connectivity index (χ2n) is 13.6. The molecule has 3 heterocycles. The van der Waals surface area contributed by atoms with Gasteiger partial charge in [0, 0.05) is 73.9 Å². The molecule has 2 aromatic heterocycles. The molecule has 1 fully saturated rings. The monoisotopic (exact) mass is 673 g/mol. The number of aryl methyl sites for hydroxylation is 3. The van der Waals surface area contributed by atoms with Crippen molar-refractivity contribution >= 4 is 39.2 Å². The molecule has 1 aliphatic rings. The number of carbonyl (C=O) groups is 1. The van der Waals surface area contributed by atoms with Crippen molar-refractivity contribution in [1.82, 2.24) is 24.6 Å². The van der Waals surface area contributed by atoms with E-state index in [0.717, 1.165) is 82.5 Å². The lowest BCUT2D eigenvalue weighted by Gasteiger charge is -2.28. The maximum Gasteiger partial charge on any atom is 0.355 e. The van der Waals surface area contributed by atoms with Crippen LogP contribution in [0.1, 0.15) is 54.6 Å². The average molecular weight is 674 g/mol. The Labute approximate surface area is 286 Å². The molecular weight excluding hydrogens is 629 g/mol. The van der Waals surface area contributed by atoms with Crippen molar-refractivity contribution in [1.29, 1.82) is 0 Å². The van der Waals surface area contributed by atoms with Crippen LogP contribution in [0.2, 0.25) is 5.02 Å². The van der Waals surface area contributed by atoms with Crippen molar-refractivity contribution in [3.63, 3.8) is 0 Å². The van der Waals surface area contributed by atoms with Gasteiger partial charge in [0.1, 0.15) is 22.9 Å². The molecule has 8 nitrogen and oxygen atoms in total. The quantitative estimate of drug-likeness (QED) is 0.122. The minimum Gasteiger partial charge on any atom is -0.493 e. The highest BCUT2D eigenvalue weighted by Gasteiger charge is 2.31. The number of benzene rings is 3. The molecule has 0 amide bonds. The van der Waals surface area contributed by atoms with Crippen LogP contribution in [-0.2, 0) is 24.8 Å². The highest BCUT2D eigenvalue weighted by Crippen LogP contribution is 2.42. The molecule has 10 heteroatoms. The fourth-order valence-corrected chi connectivity index (χ4v) is 7.11. The molecular formula is C38H45ClFN5O3. The third kappa shape index (κ3) is 6.95. The third-order valence-electron chi connectivity index (χ3n) is 9.11. The molecule has 0 saturated carbocycles. The minimum absolute atomic E-state index is 0.279. The molecule has 1 aliphatic heterocycles. The van der Waals surface area contributed by atoms with Crippen LogP contribution >= 0.6 is 11.6 Å². The largest absolute Gasteiger partial charge is 0.493 e. The van der Waals surface area contributed by atoms with Gasteiger partial charge < -0.3 is 19.4 Å². The van der Waals surface area contributed by atoms with Crippen LogP contribution < -0.4 is 10.1 Å². The SMILES string of the molecule is Cc1nn(C)c(C)c1-c1c(Cl)ccc2c(CCCOc3cccc4cc(F)ccc34)c(C(=O)OC(C)(C)C)n(CCN3CCNCC3)c12. The zero-order valence-electron chi connectivity index (χ0n) is 28.8. The number of rotatable bonds is 10. The number of piperazine rings is 1. The molecule has 1 saturated heterocycles. The number of hydrogen-bond acceptors (Lipinski definition) is 6. The standard InChI is InChI=1S/C38H45ClFN5O3/c1-24-33(25(2)43(6)42-24)34-31(39)15-14-30-29(10-8-22-47-32-11-7-9-26-23-27(40)12-13-28(26)32)36(37(46)48-38(3,4)5)45(35(30)34)21-20-44-18-16-41-17-19-44/h7,9,11-15,23,41H,8,10,16-22H2,1-6H3. The predicted octanol–water partition coefficient (Wildman–Crippen LogP) is 7.48. The minimum atomic E-state index is -0.678. The Kier molecular flexibility index (Phi) is 9.83. The summed E-state index contributed by atoms with van der Waals surface area (Å²) in [4.78, 5) is 16.7. The van der Waals surface area contributed by atoms with E-state index in [0.29, 0.717) is 42.5 Å². The summed E-state index contributed by atoms with van der Waals surface area (Å²) in [6, 6.07) is 14.3. The average Bonchev–Trinajstić information content (AvgIpc) is 3.49. The van der Waals surface area contributed by atoms with Gasteiger partial charge in [-0.05, 0) is 88.7 Å². The number of nitrogens with one attached hydrogen (secondary N) is 1. The van der Waals surface area contributed by atoms with Crippen LogP contribution in [0.15, 0.2) is 48.5 Å². The van der Waals surface area contributed by atoms with Crippen molar-refractivity contribution in [3.05, 3.63) is 82.0 Å². The summed E-state index contributed by atoms with van der Waals surface area (Å²) < 4.78 is 30.2. The van der Waals surface area contributed by atoms with Gasteiger partial charge >= 0.3 is 5.97 Å². The Balaban J connectivity index is 1.44. The van der Waals surface area contributed by atoms with Crippen LogP contribution in [-0.4, -0.2) is 70.1 Å². The molecule has 0 unspecified atom stereocenters. The van der Waals surface area contributed by atoms with Crippen molar-refractivity contribution in [2.45, 2.75) is 59.6 Å². The zero-order chi connectivity index (χ0) is 34.2. The van der Waals surface area contributed by atoms with Gasteiger partial charge in [-0.25, -0.2) is 9.18 Å². The molecule has 0 radical (unpaired) electrons. The van der Waals surface area contributed by atoms with Gasteiger partial charge in [0.25, 0.3) is 0 Å². The van der Waals surface area contributed by atoms with Gasteiger partial charge in [0.15, 0.2) is 0 Å². The number of nitrogens with zero attached hydrogens (tertiary/aromatic N) is 4. The van der Waals surface area contributed by atoms with E-state index in [1.165, 1.54) is 12.1 Å². The maximum atomic E-state index is 14.2. The van der Waals surface area contributed by atoms with Gasteiger partial charge in [-0.1, -0.05) is 29.8 Å². The number of ether oxygens (including phenoxy) is 2. The molecule has 48 heavy (non-hydrogen) atoms. The third-order valence-corrected chi connectivity index (χ3v) is 9.42. The summed E-state index contributed by atoms with van der Waals surface area (Å²) in [7, 11) is 1.94. The summed E-state index contributed by atoms with van der Waals surface area (Å²) in [5.74, 6) is 0.0708. The molecule has 0 atom stereocenters. The Bertz CT molecular complexity index is 1970. The number of halogens is 2. The summed E-state index contributed by atoms with van der Waals surface area (Å²) in [5, 5.41) is 11.4. The van der Waals surface area contributed by atoms with Crippen molar-refractivity contribution < 1.29 is 18.7 Å².